The fourth-order valence-corrected chi connectivity index (χ4v) is 3.37. The molecule has 0 unspecified atom stereocenters. The molecular formula is C19H26ClNO3. The largest absolute Gasteiger partial charge is 0.478 e. The number of ether oxygens (including phenoxy) is 1. The highest BCUT2D eigenvalue weighted by Gasteiger charge is 2.40. The van der Waals surface area contributed by atoms with E-state index < -0.39 is 10.8 Å². The summed E-state index contributed by atoms with van der Waals surface area (Å²) in [4.78, 5) is 10.6. The summed E-state index contributed by atoms with van der Waals surface area (Å²) in [5.41, 5.74) is 4.94. The van der Waals surface area contributed by atoms with Crippen molar-refractivity contribution in [2.45, 2.75) is 50.9 Å². The lowest BCUT2D eigenvalue weighted by Gasteiger charge is -2.33. The van der Waals surface area contributed by atoms with Gasteiger partial charge in [0.1, 0.15) is 0 Å². The van der Waals surface area contributed by atoms with Crippen LogP contribution in [0.5, 0.6) is 0 Å². The lowest BCUT2D eigenvalue weighted by atomic mass is 9.89. The quantitative estimate of drug-likeness (QED) is 0.561. The Morgan fingerprint density at radius 1 is 1.42 bits per heavy atom. The fraction of sp³-hybridized carbons (Fsp3) is 0.526. The van der Waals surface area contributed by atoms with Crippen LogP contribution in [0.1, 0.15) is 49.5 Å². The SMILES string of the molecule is COC[C@](Cl)(CCC(C)=C(C)C)[C@H]1Cc2cc(C(=O)O)ccc2N1. The molecule has 132 valence electrons. The molecule has 0 saturated carbocycles. The first-order chi connectivity index (χ1) is 11.3. The monoisotopic (exact) mass is 351 g/mol. The van der Waals surface area contributed by atoms with E-state index in [1.165, 1.54) is 11.1 Å². The number of anilines is 1. The summed E-state index contributed by atoms with van der Waals surface area (Å²) in [7, 11) is 1.66. The first-order valence-corrected chi connectivity index (χ1v) is 8.58. The maximum absolute atomic E-state index is 11.2. The number of alkyl halides is 1. The summed E-state index contributed by atoms with van der Waals surface area (Å²) in [5.74, 6) is -0.908. The molecule has 0 spiro atoms. The van der Waals surface area contributed by atoms with Gasteiger partial charge in [-0.15, -0.1) is 11.6 Å². The molecule has 0 amide bonds. The Bertz CT molecular complexity index is 652. The zero-order chi connectivity index (χ0) is 17.9. The van der Waals surface area contributed by atoms with Crippen LogP contribution < -0.4 is 5.32 Å². The van der Waals surface area contributed by atoms with Crippen LogP contribution in [-0.4, -0.2) is 35.7 Å². The average molecular weight is 352 g/mol. The van der Waals surface area contributed by atoms with Crippen LogP contribution in [0.4, 0.5) is 5.69 Å². The van der Waals surface area contributed by atoms with Gasteiger partial charge in [-0.25, -0.2) is 4.79 Å². The van der Waals surface area contributed by atoms with E-state index >= 15 is 0 Å². The molecule has 2 rings (SSSR count). The van der Waals surface area contributed by atoms with Gasteiger partial charge < -0.3 is 15.2 Å². The Kier molecular flexibility index (Phi) is 5.94. The number of hydrogen-bond acceptors (Lipinski definition) is 3. The molecule has 2 N–H and O–H groups in total. The van der Waals surface area contributed by atoms with E-state index in [9.17, 15) is 4.79 Å². The molecule has 1 aromatic carbocycles. The number of carboxylic acids is 1. The van der Waals surface area contributed by atoms with E-state index in [-0.39, 0.29) is 6.04 Å². The number of benzene rings is 1. The molecule has 24 heavy (non-hydrogen) atoms. The van der Waals surface area contributed by atoms with Crippen molar-refractivity contribution in [1.82, 2.24) is 0 Å². The molecule has 0 aromatic heterocycles. The number of allylic oxidation sites excluding steroid dienone is 2. The summed E-state index contributed by atoms with van der Waals surface area (Å²) in [6, 6.07) is 5.19. The number of nitrogens with one attached hydrogen (secondary N) is 1. The highest BCUT2D eigenvalue weighted by atomic mass is 35.5. The predicted molar refractivity (Wildman–Crippen MR) is 98.3 cm³/mol. The first kappa shape index (κ1) is 18.8. The van der Waals surface area contributed by atoms with Gasteiger partial charge in [0.15, 0.2) is 0 Å². The lowest BCUT2D eigenvalue weighted by Crippen LogP contribution is -2.45. The maximum Gasteiger partial charge on any atom is 0.335 e. The Morgan fingerprint density at radius 3 is 2.71 bits per heavy atom. The standard InChI is InChI=1S/C19H26ClNO3/c1-12(2)13(3)7-8-19(20,11-24-4)17-10-15-9-14(18(22)23)5-6-16(15)21-17/h5-6,9,17,21H,7-8,10-11H2,1-4H3,(H,22,23)/t17-,19-/m1/s1. The minimum absolute atomic E-state index is 0.0168. The van der Waals surface area contributed by atoms with Gasteiger partial charge in [-0.1, -0.05) is 11.1 Å². The van der Waals surface area contributed by atoms with Gasteiger partial charge in [-0.3, -0.25) is 0 Å². The van der Waals surface area contributed by atoms with E-state index in [4.69, 9.17) is 21.4 Å². The number of methoxy groups -OCH3 is 1. The second-order valence-corrected chi connectivity index (χ2v) is 7.58. The molecule has 1 aromatic rings. The Balaban J connectivity index is 2.17. The smallest absolute Gasteiger partial charge is 0.335 e. The summed E-state index contributed by atoms with van der Waals surface area (Å²) in [5, 5.41) is 12.6. The van der Waals surface area contributed by atoms with Gasteiger partial charge in [0.05, 0.1) is 23.1 Å². The van der Waals surface area contributed by atoms with Crippen molar-refractivity contribution in [2.24, 2.45) is 0 Å². The number of fused-ring (bicyclic) bond motifs is 1. The minimum Gasteiger partial charge on any atom is -0.478 e. The highest BCUT2D eigenvalue weighted by Crippen LogP contribution is 2.38. The third-order valence-electron chi connectivity index (χ3n) is 4.88. The summed E-state index contributed by atoms with van der Waals surface area (Å²) in [6.07, 6.45) is 2.43. The number of halogens is 1. The van der Waals surface area contributed by atoms with E-state index in [0.29, 0.717) is 18.6 Å². The second kappa shape index (κ2) is 7.58. The molecule has 1 heterocycles. The molecule has 1 aliphatic rings. The number of aromatic carboxylic acids is 1. The third kappa shape index (κ3) is 4.11. The number of rotatable bonds is 7. The average Bonchev–Trinajstić information content (AvgIpc) is 2.96. The van der Waals surface area contributed by atoms with Crippen LogP contribution in [0.3, 0.4) is 0 Å². The van der Waals surface area contributed by atoms with Gasteiger partial charge in [0, 0.05) is 12.8 Å². The van der Waals surface area contributed by atoms with Gasteiger partial charge in [-0.05, 0) is 63.8 Å². The van der Waals surface area contributed by atoms with Crippen LogP contribution in [0, 0.1) is 0 Å². The van der Waals surface area contributed by atoms with Crippen molar-refractivity contribution >= 4 is 23.3 Å². The third-order valence-corrected chi connectivity index (χ3v) is 5.45. The van der Waals surface area contributed by atoms with Crippen molar-refractivity contribution in [3.8, 4) is 0 Å². The van der Waals surface area contributed by atoms with Crippen LogP contribution in [0.15, 0.2) is 29.3 Å². The second-order valence-electron chi connectivity index (χ2n) is 6.83. The van der Waals surface area contributed by atoms with Crippen molar-refractivity contribution in [2.75, 3.05) is 19.0 Å². The van der Waals surface area contributed by atoms with Gasteiger partial charge in [0.2, 0.25) is 0 Å². The normalized spacial score (nSPS) is 18.5. The lowest BCUT2D eigenvalue weighted by molar-refractivity contribution is 0.0697. The van der Waals surface area contributed by atoms with Crippen LogP contribution in [0.2, 0.25) is 0 Å². The summed E-state index contributed by atoms with van der Waals surface area (Å²) < 4.78 is 5.39. The zero-order valence-electron chi connectivity index (χ0n) is 14.8. The molecule has 5 heteroatoms. The summed E-state index contributed by atoms with van der Waals surface area (Å²) in [6.45, 7) is 6.80. The van der Waals surface area contributed by atoms with Gasteiger partial charge in [-0.2, -0.15) is 0 Å². The molecule has 0 aliphatic carbocycles. The fourth-order valence-electron chi connectivity index (χ4n) is 3.04. The Morgan fingerprint density at radius 2 is 2.12 bits per heavy atom. The molecule has 1 aliphatic heterocycles. The topological polar surface area (TPSA) is 58.6 Å². The molecule has 0 radical (unpaired) electrons. The molecule has 0 bridgehead atoms. The molecule has 0 saturated heterocycles. The number of hydrogen-bond donors (Lipinski definition) is 2. The Hall–Kier alpha value is -1.52. The van der Waals surface area contributed by atoms with Crippen LogP contribution in [-0.2, 0) is 11.2 Å². The molecule has 4 nitrogen and oxygen atoms in total. The molecule has 0 fully saturated rings. The van der Waals surface area contributed by atoms with Crippen molar-refractivity contribution in [1.29, 1.82) is 0 Å². The zero-order valence-corrected chi connectivity index (χ0v) is 15.5. The van der Waals surface area contributed by atoms with Crippen molar-refractivity contribution < 1.29 is 14.6 Å². The first-order valence-electron chi connectivity index (χ1n) is 8.20. The van der Waals surface area contributed by atoms with Crippen LogP contribution in [0.25, 0.3) is 0 Å². The van der Waals surface area contributed by atoms with E-state index in [1.54, 1.807) is 19.2 Å². The van der Waals surface area contributed by atoms with Gasteiger partial charge >= 0.3 is 5.97 Å². The van der Waals surface area contributed by atoms with Crippen molar-refractivity contribution in [3.63, 3.8) is 0 Å². The molecular weight excluding hydrogens is 326 g/mol. The number of carbonyl (C=O) groups is 1. The predicted octanol–water partition coefficient (Wildman–Crippen LogP) is 4.48. The van der Waals surface area contributed by atoms with E-state index in [2.05, 4.69) is 26.1 Å². The van der Waals surface area contributed by atoms with E-state index in [0.717, 1.165) is 24.1 Å². The number of carboxylic acid groups (broad SMARTS) is 1. The van der Waals surface area contributed by atoms with Gasteiger partial charge in [0.25, 0.3) is 0 Å². The maximum atomic E-state index is 11.2. The van der Waals surface area contributed by atoms with E-state index in [1.807, 2.05) is 6.07 Å². The summed E-state index contributed by atoms with van der Waals surface area (Å²) >= 11 is 6.96. The minimum atomic E-state index is -0.908. The van der Waals surface area contributed by atoms with Crippen molar-refractivity contribution in [3.05, 3.63) is 40.5 Å². The van der Waals surface area contributed by atoms with Crippen LogP contribution >= 0.6 is 11.6 Å². The Labute approximate surface area is 148 Å². The highest BCUT2D eigenvalue weighted by molar-refractivity contribution is 6.25. The molecule has 2 atom stereocenters.